The molecule has 0 bridgehead atoms. The molecule has 1 saturated carbocycles. The topological polar surface area (TPSA) is 96.5 Å². The SMILES string of the molecule is C[C@@H](NC(=O)NCCS(=O)(=O)NCC1CCC1)[C@@H]1CCCO1. The van der Waals surface area contributed by atoms with E-state index in [4.69, 9.17) is 4.74 Å². The number of amides is 2. The Morgan fingerprint density at radius 2 is 2.05 bits per heavy atom. The summed E-state index contributed by atoms with van der Waals surface area (Å²) in [5, 5.41) is 5.37. The van der Waals surface area contributed by atoms with E-state index >= 15 is 0 Å². The van der Waals surface area contributed by atoms with Crippen LogP contribution in [0.3, 0.4) is 0 Å². The van der Waals surface area contributed by atoms with Crippen LogP contribution in [0.1, 0.15) is 39.0 Å². The van der Waals surface area contributed by atoms with Gasteiger partial charge in [-0.05, 0) is 38.5 Å². The first-order chi connectivity index (χ1) is 10.5. The number of rotatable bonds is 8. The van der Waals surface area contributed by atoms with Crippen LogP contribution in [0.15, 0.2) is 0 Å². The summed E-state index contributed by atoms with van der Waals surface area (Å²) in [5.41, 5.74) is 0. The maximum atomic E-state index is 11.8. The smallest absolute Gasteiger partial charge is 0.315 e. The van der Waals surface area contributed by atoms with Crippen LogP contribution in [0, 0.1) is 5.92 Å². The quantitative estimate of drug-likeness (QED) is 0.605. The third-order valence-corrected chi connectivity index (χ3v) is 5.70. The van der Waals surface area contributed by atoms with Gasteiger partial charge in [-0.3, -0.25) is 0 Å². The molecule has 2 aliphatic rings. The zero-order valence-electron chi connectivity index (χ0n) is 13.1. The van der Waals surface area contributed by atoms with Gasteiger partial charge in [0.25, 0.3) is 0 Å². The lowest BCUT2D eigenvalue weighted by Gasteiger charge is -2.25. The van der Waals surface area contributed by atoms with Crippen LogP contribution in [0.2, 0.25) is 0 Å². The van der Waals surface area contributed by atoms with Crippen LogP contribution in [-0.2, 0) is 14.8 Å². The molecule has 2 fully saturated rings. The number of hydrogen-bond donors (Lipinski definition) is 3. The molecule has 2 atom stereocenters. The molecule has 0 aromatic heterocycles. The van der Waals surface area contributed by atoms with Gasteiger partial charge < -0.3 is 15.4 Å². The van der Waals surface area contributed by atoms with E-state index in [1.54, 1.807) is 0 Å². The number of nitrogens with one attached hydrogen (secondary N) is 3. The van der Waals surface area contributed by atoms with Crippen molar-refractivity contribution in [2.24, 2.45) is 5.92 Å². The molecule has 0 aromatic rings. The number of carbonyl (C=O) groups excluding carboxylic acids is 1. The first-order valence-electron chi connectivity index (χ1n) is 8.09. The molecule has 1 heterocycles. The summed E-state index contributed by atoms with van der Waals surface area (Å²) >= 11 is 0. The van der Waals surface area contributed by atoms with Crippen molar-refractivity contribution in [2.75, 3.05) is 25.4 Å². The second-order valence-electron chi connectivity index (χ2n) is 6.20. The Morgan fingerprint density at radius 1 is 1.27 bits per heavy atom. The molecule has 0 aromatic carbocycles. The van der Waals surface area contributed by atoms with E-state index in [9.17, 15) is 13.2 Å². The minimum Gasteiger partial charge on any atom is -0.376 e. The average Bonchev–Trinajstić information content (AvgIpc) is 2.90. The number of sulfonamides is 1. The highest BCUT2D eigenvalue weighted by Crippen LogP contribution is 2.25. The molecule has 2 amide bonds. The second kappa shape index (κ2) is 8.12. The monoisotopic (exact) mass is 333 g/mol. The van der Waals surface area contributed by atoms with Gasteiger partial charge in [0, 0.05) is 19.7 Å². The summed E-state index contributed by atoms with van der Waals surface area (Å²) in [6.07, 6.45) is 5.41. The third-order valence-electron chi connectivity index (χ3n) is 4.35. The predicted octanol–water partition coefficient (Wildman–Crippen LogP) is 0.573. The average molecular weight is 333 g/mol. The van der Waals surface area contributed by atoms with Crippen molar-refractivity contribution in [2.45, 2.75) is 51.2 Å². The number of hydrogen-bond acceptors (Lipinski definition) is 4. The van der Waals surface area contributed by atoms with Crippen molar-refractivity contribution in [3.05, 3.63) is 0 Å². The molecule has 1 saturated heterocycles. The summed E-state index contributed by atoms with van der Waals surface area (Å²) in [6, 6.07) is -0.423. The fourth-order valence-corrected chi connectivity index (χ4v) is 3.67. The van der Waals surface area contributed by atoms with Gasteiger partial charge in [-0.15, -0.1) is 0 Å². The first kappa shape index (κ1) is 17.5. The van der Waals surface area contributed by atoms with Gasteiger partial charge >= 0.3 is 6.03 Å². The lowest BCUT2D eigenvalue weighted by atomic mass is 9.86. The van der Waals surface area contributed by atoms with E-state index < -0.39 is 10.0 Å². The third kappa shape index (κ3) is 5.73. The van der Waals surface area contributed by atoms with Gasteiger partial charge in [0.15, 0.2) is 0 Å². The van der Waals surface area contributed by atoms with Gasteiger partial charge in [0.1, 0.15) is 0 Å². The standard InChI is InChI=1S/C14H27N3O4S/c1-11(13-6-3-8-21-13)17-14(18)15-7-9-22(19,20)16-10-12-4-2-5-12/h11-13,16H,2-10H2,1H3,(H2,15,17,18)/t11-,13+/m1/s1. The van der Waals surface area contributed by atoms with Crippen molar-refractivity contribution in [1.29, 1.82) is 0 Å². The Kier molecular flexibility index (Phi) is 6.46. The highest BCUT2D eigenvalue weighted by molar-refractivity contribution is 7.89. The van der Waals surface area contributed by atoms with Crippen molar-refractivity contribution >= 4 is 16.1 Å². The normalized spacial score (nSPS) is 23.8. The minimum absolute atomic E-state index is 0.0543. The predicted molar refractivity (Wildman–Crippen MR) is 84.1 cm³/mol. The zero-order chi connectivity index (χ0) is 16.0. The molecule has 0 unspecified atom stereocenters. The number of carbonyl (C=O) groups is 1. The van der Waals surface area contributed by atoms with Crippen LogP contribution in [-0.4, -0.2) is 52.0 Å². The van der Waals surface area contributed by atoms with Gasteiger partial charge in [0.2, 0.25) is 10.0 Å². The van der Waals surface area contributed by atoms with E-state index in [0.717, 1.165) is 32.3 Å². The molecule has 0 spiro atoms. The molecule has 0 radical (unpaired) electrons. The molecular weight excluding hydrogens is 306 g/mol. The maximum absolute atomic E-state index is 11.8. The number of ether oxygens (including phenoxy) is 1. The summed E-state index contributed by atoms with van der Waals surface area (Å²) < 4.78 is 31.7. The van der Waals surface area contributed by atoms with E-state index in [-0.39, 0.29) is 30.5 Å². The molecular formula is C14H27N3O4S. The molecule has 128 valence electrons. The first-order valence-corrected chi connectivity index (χ1v) is 9.75. The second-order valence-corrected chi connectivity index (χ2v) is 8.13. The van der Waals surface area contributed by atoms with Crippen molar-refractivity contribution in [1.82, 2.24) is 15.4 Å². The van der Waals surface area contributed by atoms with Gasteiger partial charge in [-0.25, -0.2) is 17.9 Å². The van der Waals surface area contributed by atoms with E-state index in [0.29, 0.717) is 12.5 Å². The summed E-state index contributed by atoms with van der Waals surface area (Å²) in [4.78, 5) is 11.7. The molecule has 7 nitrogen and oxygen atoms in total. The highest BCUT2D eigenvalue weighted by Gasteiger charge is 2.24. The fourth-order valence-electron chi connectivity index (χ4n) is 2.66. The van der Waals surface area contributed by atoms with Crippen molar-refractivity contribution in [3.63, 3.8) is 0 Å². The van der Waals surface area contributed by atoms with E-state index in [2.05, 4.69) is 15.4 Å². The van der Waals surface area contributed by atoms with Gasteiger partial charge in [-0.2, -0.15) is 0 Å². The van der Waals surface area contributed by atoms with Gasteiger partial charge in [0.05, 0.1) is 17.9 Å². The molecule has 22 heavy (non-hydrogen) atoms. The molecule has 8 heteroatoms. The largest absolute Gasteiger partial charge is 0.376 e. The Balaban J connectivity index is 1.58. The van der Waals surface area contributed by atoms with Crippen LogP contribution < -0.4 is 15.4 Å². The Labute approximate surface area is 132 Å². The molecule has 1 aliphatic carbocycles. The Hall–Kier alpha value is -0.860. The summed E-state index contributed by atoms with van der Waals surface area (Å²) in [6.45, 7) is 3.25. The van der Waals surface area contributed by atoms with E-state index in [1.165, 1.54) is 6.42 Å². The lowest BCUT2D eigenvalue weighted by Crippen LogP contribution is -2.47. The Bertz CT molecular complexity index is 459. The number of urea groups is 1. The molecule has 1 aliphatic heterocycles. The van der Waals surface area contributed by atoms with Crippen LogP contribution in [0.5, 0.6) is 0 Å². The van der Waals surface area contributed by atoms with Gasteiger partial charge in [-0.1, -0.05) is 6.42 Å². The van der Waals surface area contributed by atoms with Crippen LogP contribution >= 0.6 is 0 Å². The van der Waals surface area contributed by atoms with Crippen LogP contribution in [0.25, 0.3) is 0 Å². The zero-order valence-corrected chi connectivity index (χ0v) is 14.0. The molecule has 3 N–H and O–H groups in total. The lowest BCUT2D eigenvalue weighted by molar-refractivity contribution is 0.0860. The summed E-state index contributed by atoms with van der Waals surface area (Å²) in [7, 11) is -3.31. The van der Waals surface area contributed by atoms with Crippen molar-refractivity contribution in [3.8, 4) is 0 Å². The fraction of sp³-hybridized carbons (Fsp3) is 0.929. The minimum atomic E-state index is -3.31. The van der Waals surface area contributed by atoms with E-state index in [1.807, 2.05) is 6.92 Å². The van der Waals surface area contributed by atoms with Crippen LogP contribution in [0.4, 0.5) is 4.79 Å². The molecule has 2 rings (SSSR count). The highest BCUT2D eigenvalue weighted by atomic mass is 32.2. The summed E-state index contributed by atoms with van der Waals surface area (Å²) in [5.74, 6) is 0.389. The van der Waals surface area contributed by atoms with Crippen molar-refractivity contribution < 1.29 is 17.9 Å². The maximum Gasteiger partial charge on any atom is 0.315 e. The Morgan fingerprint density at radius 3 is 2.64 bits per heavy atom.